The molecular formula is C22H19N3O3. The third kappa shape index (κ3) is 3.44. The molecule has 1 heterocycles. The van der Waals surface area contributed by atoms with Gasteiger partial charge in [0.25, 0.3) is 0 Å². The average Bonchev–Trinajstić information content (AvgIpc) is 3.12. The zero-order valence-corrected chi connectivity index (χ0v) is 15.1. The summed E-state index contributed by atoms with van der Waals surface area (Å²) in [7, 11) is 0. The van der Waals surface area contributed by atoms with Gasteiger partial charge in [-0.05, 0) is 30.2 Å². The summed E-state index contributed by atoms with van der Waals surface area (Å²) >= 11 is 0. The van der Waals surface area contributed by atoms with Crippen LogP contribution in [-0.4, -0.2) is 33.4 Å². The minimum atomic E-state index is -1.05. The third-order valence-electron chi connectivity index (χ3n) is 4.69. The number of imidazole rings is 1. The number of carbonyl (C=O) groups excluding carboxylic acids is 1. The largest absolute Gasteiger partial charge is 0.478 e. The molecule has 28 heavy (non-hydrogen) atoms. The molecule has 0 saturated carbocycles. The molecule has 1 aliphatic carbocycles. The van der Waals surface area contributed by atoms with Gasteiger partial charge in [-0.25, -0.2) is 9.78 Å². The van der Waals surface area contributed by atoms with Gasteiger partial charge in [-0.1, -0.05) is 42.5 Å². The van der Waals surface area contributed by atoms with Gasteiger partial charge < -0.3 is 15.4 Å². The van der Waals surface area contributed by atoms with Crippen molar-refractivity contribution >= 4 is 28.4 Å². The number of aromatic nitrogens is 2. The topological polar surface area (TPSA) is 95.1 Å². The summed E-state index contributed by atoms with van der Waals surface area (Å²) in [5.74, 6) is -0.713. The fraction of sp³-hybridized carbons (Fsp3) is 0.136. The number of carboxylic acids is 1. The summed E-state index contributed by atoms with van der Waals surface area (Å²) in [6.45, 7) is 0.668. The van der Waals surface area contributed by atoms with Crippen LogP contribution in [0.1, 0.15) is 28.2 Å². The summed E-state index contributed by atoms with van der Waals surface area (Å²) in [5, 5.41) is 12.7. The van der Waals surface area contributed by atoms with E-state index in [1.165, 1.54) is 11.6 Å². The highest BCUT2D eigenvalue weighted by atomic mass is 16.4. The second-order valence-electron chi connectivity index (χ2n) is 6.57. The number of ketones is 1. The molecule has 1 aromatic heterocycles. The fourth-order valence-electron chi connectivity index (χ4n) is 3.34. The standard InChI is InChI=1S/C22H19N3O3/c26-18-11-5-9-16(23-13-12-14-6-2-1-3-7-14)19(18)21-24-17-10-4-8-15(22(27)28)20(17)25-21/h1-10,23H,11-13H2,(H,24,25)(H,27,28). The van der Waals surface area contributed by atoms with E-state index in [1.807, 2.05) is 30.4 Å². The van der Waals surface area contributed by atoms with E-state index in [1.54, 1.807) is 12.1 Å². The number of fused-ring (bicyclic) bond motifs is 1. The number of hydrogen-bond donors (Lipinski definition) is 3. The van der Waals surface area contributed by atoms with Crippen LogP contribution in [0.15, 0.2) is 66.4 Å². The van der Waals surface area contributed by atoms with Crippen molar-refractivity contribution in [3.63, 3.8) is 0 Å². The summed E-state index contributed by atoms with van der Waals surface area (Å²) in [6, 6.07) is 15.0. The average molecular weight is 373 g/mol. The van der Waals surface area contributed by atoms with Gasteiger partial charge in [0.05, 0.1) is 16.7 Å². The van der Waals surface area contributed by atoms with Crippen molar-refractivity contribution in [2.24, 2.45) is 0 Å². The normalized spacial score (nSPS) is 13.9. The number of carbonyl (C=O) groups is 2. The quantitative estimate of drug-likeness (QED) is 0.616. The van der Waals surface area contributed by atoms with Crippen molar-refractivity contribution in [2.75, 3.05) is 6.54 Å². The Hall–Kier alpha value is -3.67. The lowest BCUT2D eigenvalue weighted by Crippen LogP contribution is -2.21. The van der Waals surface area contributed by atoms with Crippen LogP contribution in [0.3, 0.4) is 0 Å². The molecule has 4 rings (SSSR count). The molecule has 140 valence electrons. The Bertz CT molecular complexity index is 1110. The minimum absolute atomic E-state index is 0.0550. The molecule has 6 nitrogen and oxygen atoms in total. The Labute approximate surface area is 161 Å². The van der Waals surface area contributed by atoms with Crippen molar-refractivity contribution in [2.45, 2.75) is 12.8 Å². The first-order valence-electron chi connectivity index (χ1n) is 9.07. The molecule has 0 aliphatic heterocycles. The maximum Gasteiger partial charge on any atom is 0.337 e. The van der Waals surface area contributed by atoms with Crippen LogP contribution in [-0.2, 0) is 11.2 Å². The van der Waals surface area contributed by atoms with Crippen molar-refractivity contribution in [3.8, 4) is 0 Å². The van der Waals surface area contributed by atoms with Crippen LogP contribution in [0.4, 0.5) is 0 Å². The number of nitrogens with one attached hydrogen (secondary N) is 2. The Morgan fingerprint density at radius 1 is 1.14 bits per heavy atom. The van der Waals surface area contributed by atoms with Crippen LogP contribution in [0.2, 0.25) is 0 Å². The number of para-hydroxylation sites is 1. The number of nitrogens with zero attached hydrogens (tertiary/aromatic N) is 1. The third-order valence-corrected chi connectivity index (χ3v) is 4.69. The lowest BCUT2D eigenvalue weighted by molar-refractivity contribution is -0.113. The molecule has 3 N–H and O–H groups in total. The first-order chi connectivity index (χ1) is 13.6. The predicted octanol–water partition coefficient (Wildman–Crippen LogP) is 3.33. The van der Waals surface area contributed by atoms with E-state index in [0.717, 1.165) is 6.42 Å². The zero-order valence-electron chi connectivity index (χ0n) is 15.1. The van der Waals surface area contributed by atoms with Crippen molar-refractivity contribution in [1.29, 1.82) is 0 Å². The maximum atomic E-state index is 12.6. The smallest absolute Gasteiger partial charge is 0.337 e. The van der Waals surface area contributed by atoms with Gasteiger partial charge in [0, 0.05) is 18.7 Å². The summed E-state index contributed by atoms with van der Waals surface area (Å²) < 4.78 is 0. The number of carboxylic acid groups (broad SMARTS) is 1. The molecule has 0 fully saturated rings. The monoisotopic (exact) mass is 373 g/mol. The number of rotatable bonds is 6. The van der Waals surface area contributed by atoms with Gasteiger partial charge in [0.15, 0.2) is 5.78 Å². The highest BCUT2D eigenvalue weighted by Crippen LogP contribution is 2.26. The summed E-state index contributed by atoms with van der Waals surface area (Å²) in [4.78, 5) is 31.6. The van der Waals surface area contributed by atoms with E-state index in [9.17, 15) is 14.7 Å². The number of aromatic carboxylic acids is 1. The SMILES string of the molecule is O=C1CC=CC(NCCc2ccccc2)=C1c1nc2c(C(=O)O)cccc2[nH]1. The molecule has 0 amide bonds. The minimum Gasteiger partial charge on any atom is -0.478 e. The molecule has 0 bridgehead atoms. The molecule has 0 atom stereocenters. The summed E-state index contributed by atoms with van der Waals surface area (Å²) in [5.41, 5.74) is 3.42. The first-order valence-corrected chi connectivity index (χ1v) is 9.07. The molecule has 0 radical (unpaired) electrons. The summed E-state index contributed by atoms with van der Waals surface area (Å²) in [6.07, 6.45) is 4.82. The van der Waals surface area contributed by atoms with Crippen molar-refractivity contribution < 1.29 is 14.7 Å². The van der Waals surface area contributed by atoms with Gasteiger partial charge in [0.2, 0.25) is 0 Å². The molecule has 3 aromatic rings. The molecule has 0 saturated heterocycles. The molecular weight excluding hydrogens is 354 g/mol. The second kappa shape index (κ2) is 7.52. The number of benzene rings is 2. The van der Waals surface area contributed by atoms with E-state index in [4.69, 9.17) is 0 Å². The lowest BCUT2D eigenvalue weighted by Gasteiger charge is -2.15. The Balaban J connectivity index is 1.67. The van der Waals surface area contributed by atoms with Crippen LogP contribution in [0.5, 0.6) is 0 Å². The van der Waals surface area contributed by atoms with Crippen molar-refractivity contribution in [3.05, 3.63) is 83.3 Å². The highest BCUT2D eigenvalue weighted by molar-refractivity contribution is 6.22. The first kappa shape index (κ1) is 17.7. The Morgan fingerprint density at radius 3 is 2.75 bits per heavy atom. The van der Waals surface area contributed by atoms with Gasteiger partial charge in [0.1, 0.15) is 11.3 Å². The number of allylic oxidation sites excluding steroid dienone is 3. The van der Waals surface area contributed by atoms with Crippen LogP contribution in [0.25, 0.3) is 16.6 Å². The van der Waals surface area contributed by atoms with E-state index in [-0.39, 0.29) is 11.3 Å². The van der Waals surface area contributed by atoms with Gasteiger partial charge in [-0.3, -0.25) is 4.79 Å². The highest BCUT2D eigenvalue weighted by Gasteiger charge is 2.23. The predicted molar refractivity (Wildman–Crippen MR) is 107 cm³/mol. The van der Waals surface area contributed by atoms with E-state index >= 15 is 0 Å². The van der Waals surface area contributed by atoms with Gasteiger partial charge in [-0.15, -0.1) is 0 Å². The van der Waals surface area contributed by atoms with Gasteiger partial charge in [-0.2, -0.15) is 0 Å². The Kier molecular flexibility index (Phi) is 4.76. The fourth-order valence-corrected chi connectivity index (χ4v) is 3.34. The van der Waals surface area contributed by atoms with Crippen LogP contribution in [0, 0.1) is 0 Å². The number of Topliss-reactive ketones (excluding diaryl/α,β-unsaturated/α-hetero) is 1. The van der Waals surface area contributed by atoms with E-state index in [2.05, 4.69) is 27.4 Å². The molecule has 0 unspecified atom stereocenters. The molecule has 2 aromatic carbocycles. The number of hydrogen-bond acceptors (Lipinski definition) is 4. The number of aromatic amines is 1. The maximum absolute atomic E-state index is 12.6. The Morgan fingerprint density at radius 2 is 1.96 bits per heavy atom. The van der Waals surface area contributed by atoms with Crippen LogP contribution < -0.4 is 5.32 Å². The zero-order chi connectivity index (χ0) is 19.5. The number of H-pyrrole nitrogens is 1. The van der Waals surface area contributed by atoms with E-state index < -0.39 is 5.97 Å². The van der Waals surface area contributed by atoms with E-state index in [0.29, 0.717) is 41.1 Å². The second-order valence-corrected chi connectivity index (χ2v) is 6.57. The molecule has 0 spiro atoms. The molecule has 6 heteroatoms. The lowest BCUT2D eigenvalue weighted by atomic mass is 10.00. The van der Waals surface area contributed by atoms with Crippen LogP contribution >= 0.6 is 0 Å². The van der Waals surface area contributed by atoms with Gasteiger partial charge >= 0.3 is 5.97 Å². The van der Waals surface area contributed by atoms with Crippen molar-refractivity contribution in [1.82, 2.24) is 15.3 Å². The molecule has 1 aliphatic rings.